The average molecular weight is 362 g/mol. The number of ether oxygens (including phenoxy) is 2. The van der Waals surface area contributed by atoms with E-state index in [4.69, 9.17) is 21.1 Å². The van der Waals surface area contributed by atoms with Crippen LogP contribution in [0.15, 0.2) is 54.6 Å². The molecule has 0 aromatic heterocycles. The van der Waals surface area contributed by atoms with Crippen molar-refractivity contribution in [3.8, 4) is 0 Å². The summed E-state index contributed by atoms with van der Waals surface area (Å²) in [5.41, 5.74) is 1.52. The monoisotopic (exact) mass is 361 g/mol. The third-order valence-electron chi connectivity index (χ3n) is 3.71. The zero-order valence-corrected chi connectivity index (χ0v) is 14.8. The van der Waals surface area contributed by atoms with Crippen LogP contribution in [-0.2, 0) is 25.5 Å². The molecule has 1 amide bonds. The van der Waals surface area contributed by atoms with E-state index in [2.05, 4.69) is 5.32 Å². The first kappa shape index (κ1) is 19.0. The molecule has 25 heavy (non-hydrogen) atoms. The fraction of sp³-hybridized carbons (Fsp3) is 0.263. The van der Waals surface area contributed by atoms with E-state index < -0.39 is 24.0 Å². The van der Waals surface area contributed by atoms with E-state index in [0.717, 1.165) is 5.56 Å². The molecule has 0 bridgehead atoms. The molecule has 0 aliphatic heterocycles. The van der Waals surface area contributed by atoms with Crippen molar-refractivity contribution < 1.29 is 19.1 Å². The number of esters is 1. The van der Waals surface area contributed by atoms with Crippen LogP contribution in [0.4, 0.5) is 0 Å². The van der Waals surface area contributed by atoms with Crippen LogP contribution in [0.25, 0.3) is 0 Å². The molecule has 0 aliphatic rings. The largest absolute Gasteiger partial charge is 0.467 e. The van der Waals surface area contributed by atoms with Crippen molar-refractivity contribution in [2.75, 3.05) is 14.2 Å². The van der Waals surface area contributed by atoms with Gasteiger partial charge in [-0.15, -0.1) is 0 Å². The molecule has 0 aliphatic carbocycles. The number of amides is 1. The van der Waals surface area contributed by atoms with Crippen LogP contribution in [0.5, 0.6) is 0 Å². The smallest absolute Gasteiger partial charge is 0.328 e. The Kier molecular flexibility index (Phi) is 6.98. The van der Waals surface area contributed by atoms with Gasteiger partial charge in [0.25, 0.3) is 5.91 Å². The first-order valence-corrected chi connectivity index (χ1v) is 8.13. The number of halogens is 1. The Labute approximate surface area is 151 Å². The molecule has 0 spiro atoms. The highest BCUT2D eigenvalue weighted by molar-refractivity contribution is 6.30. The standard InChI is InChI=1S/C19H20ClNO4/c1-24-17(14-8-4-3-5-9-14)18(22)21-16(19(23)25-2)12-13-7-6-10-15(20)11-13/h3-11,16-17H,12H2,1-2H3,(H,21,22)/t16-,17-/m0/s1. The van der Waals surface area contributed by atoms with E-state index in [1.807, 2.05) is 24.3 Å². The molecule has 0 saturated heterocycles. The number of carbonyl (C=O) groups excluding carboxylic acids is 2. The van der Waals surface area contributed by atoms with Gasteiger partial charge in [0.2, 0.25) is 0 Å². The molecule has 0 heterocycles. The summed E-state index contributed by atoms with van der Waals surface area (Å²) in [4.78, 5) is 24.7. The second kappa shape index (κ2) is 9.20. The molecule has 0 radical (unpaired) electrons. The van der Waals surface area contributed by atoms with Crippen molar-refractivity contribution in [2.24, 2.45) is 0 Å². The molecule has 0 saturated carbocycles. The van der Waals surface area contributed by atoms with Crippen molar-refractivity contribution in [1.82, 2.24) is 5.32 Å². The van der Waals surface area contributed by atoms with Crippen LogP contribution < -0.4 is 5.32 Å². The summed E-state index contributed by atoms with van der Waals surface area (Å²) in [6.45, 7) is 0. The summed E-state index contributed by atoms with van der Waals surface area (Å²) in [5, 5.41) is 3.27. The lowest BCUT2D eigenvalue weighted by atomic mass is 10.0. The molecule has 2 atom stereocenters. The van der Waals surface area contributed by atoms with Crippen LogP contribution in [0.1, 0.15) is 17.2 Å². The summed E-state index contributed by atoms with van der Waals surface area (Å²) in [5.74, 6) is -0.942. The van der Waals surface area contributed by atoms with Crippen molar-refractivity contribution in [2.45, 2.75) is 18.6 Å². The second-order valence-electron chi connectivity index (χ2n) is 5.44. The third kappa shape index (κ3) is 5.31. The quantitative estimate of drug-likeness (QED) is 0.770. The molecule has 5 nitrogen and oxygen atoms in total. The molecule has 0 fully saturated rings. The number of carbonyl (C=O) groups is 2. The molecule has 132 valence electrons. The Hall–Kier alpha value is -2.37. The zero-order chi connectivity index (χ0) is 18.2. The maximum Gasteiger partial charge on any atom is 0.328 e. The van der Waals surface area contributed by atoms with Crippen molar-refractivity contribution in [1.29, 1.82) is 0 Å². The highest BCUT2D eigenvalue weighted by Crippen LogP contribution is 2.18. The minimum Gasteiger partial charge on any atom is -0.467 e. The average Bonchev–Trinajstić information content (AvgIpc) is 2.62. The Balaban J connectivity index is 2.15. The van der Waals surface area contributed by atoms with Gasteiger partial charge in [-0.25, -0.2) is 4.79 Å². The number of hydrogen-bond donors (Lipinski definition) is 1. The van der Waals surface area contributed by atoms with Gasteiger partial charge in [-0.3, -0.25) is 4.79 Å². The van der Waals surface area contributed by atoms with E-state index in [1.54, 1.807) is 30.3 Å². The van der Waals surface area contributed by atoms with E-state index in [9.17, 15) is 9.59 Å². The maximum atomic E-state index is 12.6. The molecule has 0 unspecified atom stereocenters. The second-order valence-corrected chi connectivity index (χ2v) is 5.88. The van der Waals surface area contributed by atoms with E-state index in [0.29, 0.717) is 10.6 Å². The minimum absolute atomic E-state index is 0.268. The Morgan fingerprint density at radius 1 is 1.08 bits per heavy atom. The Morgan fingerprint density at radius 2 is 1.80 bits per heavy atom. The molecule has 2 aromatic carbocycles. The van der Waals surface area contributed by atoms with Crippen molar-refractivity contribution in [3.05, 3.63) is 70.7 Å². The summed E-state index contributed by atoms with van der Waals surface area (Å²) in [6.07, 6.45) is -0.544. The van der Waals surface area contributed by atoms with E-state index >= 15 is 0 Å². The lowest BCUT2D eigenvalue weighted by Gasteiger charge is -2.21. The van der Waals surface area contributed by atoms with Crippen LogP contribution >= 0.6 is 11.6 Å². The topological polar surface area (TPSA) is 64.6 Å². The Bertz CT molecular complexity index is 720. The highest BCUT2D eigenvalue weighted by Gasteiger charge is 2.27. The zero-order valence-electron chi connectivity index (χ0n) is 14.1. The van der Waals surface area contributed by atoms with Gasteiger partial charge in [-0.1, -0.05) is 54.1 Å². The van der Waals surface area contributed by atoms with Crippen molar-refractivity contribution in [3.63, 3.8) is 0 Å². The molecule has 6 heteroatoms. The van der Waals surface area contributed by atoms with Gasteiger partial charge in [0.05, 0.1) is 7.11 Å². The van der Waals surface area contributed by atoms with Gasteiger partial charge >= 0.3 is 5.97 Å². The molecule has 2 aromatic rings. The fourth-order valence-electron chi connectivity index (χ4n) is 2.50. The van der Waals surface area contributed by atoms with Gasteiger partial charge in [0, 0.05) is 18.6 Å². The third-order valence-corrected chi connectivity index (χ3v) is 3.94. The van der Waals surface area contributed by atoms with Gasteiger partial charge in [0.15, 0.2) is 6.10 Å². The lowest BCUT2D eigenvalue weighted by Crippen LogP contribution is -2.45. The van der Waals surface area contributed by atoms with Gasteiger partial charge < -0.3 is 14.8 Å². The maximum absolute atomic E-state index is 12.6. The normalized spacial score (nSPS) is 12.9. The minimum atomic E-state index is -0.836. The van der Waals surface area contributed by atoms with Crippen LogP contribution in [-0.4, -0.2) is 32.1 Å². The summed E-state index contributed by atoms with van der Waals surface area (Å²) >= 11 is 5.98. The van der Waals surface area contributed by atoms with E-state index in [1.165, 1.54) is 14.2 Å². The predicted molar refractivity (Wildman–Crippen MR) is 95.3 cm³/mol. The Morgan fingerprint density at radius 3 is 2.40 bits per heavy atom. The summed E-state index contributed by atoms with van der Waals surface area (Å²) in [6, 6.07) is 15.3. The number of rotatable bonds is 7. The van der Waals surface area contributed by atoms with Crippen LogP contribution in [0, 0.1) is 0 Å². The predicted octanol–water partition coefficient (Wildman–Crippen LogP) is 2.93. The summed E-state index contributed by atoms with van der Waals surface area (Å²) in [7, 11) is 2.73. The number of methoxy groups -OCH3 is 2. The van der Waals surface area contributed by atoms with Crippen LogP contribution in [0.3, 0.4) is 0 Å². The number of benzene rings is 2. The SMILES string of the molecule is COC(=O)[C@H](Cc1cccc(Cl)c1)NC(=O)[C@@H](OC)c1ccccc1. The van der Waals surface area contributed by atoms with Crippen molar-refractivity contribution >= 4 is 23.5 Å². The number of nitrogens with one attached hydrogen (secondary N) is 1. The fourth-order valence-corrected chi connectivity index (χ4v) is 2.72. The number of hydrogen-bond acceptors (Lipinski definition) is 4. The van der Waals surface area contributed by atoms with Crippen LogP contribution in [0.2, 0.25) is 5.02 Å². The first-order valence-electron chi connectivity index (χ1n) is 7.75. The summed E-state index contributed by atoms with van der Waals surface area (Å²) < 4.78 is 10.1. The molecular formula is C19H20ClNO4. The molecular weight excluding hydrogens is 342 g/mol. The van der Waals surface area contributed by atoms with Gasteiger partial charge in [-0.2, -0.15) is 0 Å². The molecule has 1 N–H and O–H groups in total. The van der Waals surface area contributed by atoms with Gasteiger partial charge in [-0.05, 0) is 23.3 Å². The lowest BCUT2D eigenvalue weighted by molar-refractivity contribution is -0.146. The molecule has 2 rings (SSSR count). The first-order chi connectivity index (χ1) is 12.0. The highest BCUT2D eigenvalue weighted by atomic mass is 35.5. The van der Waals surface area contributed by atoms with E-state index in [-0.39, 0.29) is 6.42 Å². The van der Waals surface area contributed by atoms with Gasteiger partial charge in [0.1, 0.15) is 6.04 Å².